The van der Waals surface area contributed by atoms with E-state index in [4.69, 9.17) is 9.47 Å². The predicted molar refractivity (Wildman–Crippen MR) is 92.6 cm³/mol. The molecule has 0 aliphatic carbocycles. The molecular weight excluding hydrogens is 314 g/mol. The molecule has 0 aliphatic rings. The molecule has 1 aromatic rings. The van der Waals surface area contributed by atoms with Crippen LogP contribution in [-0.2, 0) is 9.53 Å². The molecule has 1 N–H and O–H groups in total. The van der Waals surface area contributed by atoms with Gasteiger partial charge in [0.25, 0.3) is 11.5 Å². The first-order valence-electron chi connectivity index (χ1n) is 7.69. The van der Waals surface area contributed by atoms with E-state index in [1.165, 1.54) is 0 Å². The van der Waals surface area contributed by atoms with Crippen molar-refractivity contribution < 1.29 is 19.1 Å². The predicted octanol–water partition coefficient (Wildman–Crippen LogP) is 3.98. The average Bonchev–Trinajstić information content (AvgIpc) is 2.46. The van der Waals surface area contributed by atoms with Crippen LogP contribution < -0.4 is 10.1 Å². The van der Waals surface area contributed by atoms with Crippen LogP contribution in [0.15, 0.2) is 30.3 Å². The number of hydrogen-bond acceptors (Lipinski definition) is 5. The van der Waals surface area contributed by atoms with Crippen molar-refractivity contribution in [3.05, 3.63) is 30.3 Å². The van der Waals surface area contributed by atoms with Gasteiger partial charge in [-0.05, 0) is 18.6 Å². The summed E-state index contributed by atoms with van der Waals surface area (Å²) in [6.45, 7) is 8.08. The van der Waals surface area contributed by atoms with Crippen molar-refractivity contribution in [1.82, 2.24) is 5.32 Å². The fourth-order valence-electron chi connectivity index (χ4n) is 1.58. The van der Waals surface area contributed by atoms with E-state index in [0.29, 0.717) is 12.4 Å². The molecule has 0 bridgehead atoms. The molecule has 0 fully saturated rings. The molecule has 1 rings (SSSR count). The van der Waals surface area contributed by atoms with Crippen molar-refractivity contribution >= 4 is 23.0 Å². The lowest BCUT2D eigenvalue weighted by molar-refractivity contribution is -0.153. The zero-order valence-electron chi connectivity index (χ0n) is 14.1. The molecule has 1 unspecified atom stereocenters. The third-order valence-corrected chi connectivity index (χ3v) is 3.52. The van der Waals surface area contributed by atoms with Crippen molar-refractivity contribution in [2.45, 2.75) is 51.5 Å². The Bertz CT molecular complexity index is 499. The number of amides is 1. The Morgan fingerprint density at radius 3 is 2.43 bits per heavy atom. The number of rotatable bonds is 7. The maximum absolute atomic E-state index is 12.2. The van der Waals surface area contributed by atoms with Gasteiger partial charge in [0.15, 0.2) is 0 Å². The van der Waals surface area contributed by atoms with E-state index < -0.39 is 12.2 Å². The van der Waals surface area contributed by atoms with Crippen LogP contribution in [0, 0.1) is 0 Å². The fourth-order valence-corrected chi connectivity index (χ4v) is 2.30. The molecule has 5 nitrogen and oxygen atoms in total. The molecule has 0 heterocycles. The van der Waals surface area contributed by atoms with Crippen LogP contribution in [0.1, 0.15) is 40.5 Å². The van der Waals surface area contributed by atoms with Crippen LogP contribution >= 0.6 is 11.8 Å². The maximum Gasteiger partial charge on any atom is 0.369 e. The Kier molecular flexibility index (Phi) is 7.95. The van der Waals surface area contributed by atoms with Crippen molar-refractivity contribution in [3.63, 3.8) is 0 Å². The molecule has 0 saturated carbocycles. The Balaban J connectivity index is 2.71. The molecule has 23 heavy (non-hydrogen) atoms. The van der Waals surface area contributed by atoms with E-state index in [9.17, 15) is 9.59 Å². The highest BCUT2D eigenvalue weighted by Crippen LogP contribution is 2.24. The van der Waals surface area contributed by atoms with Crippen LogP contribution in [0.4, 0.5) is 4.79 Å². The van der Waals surface area contributed by atoms with Gasteiger partial charge in [-0.25, -0.2) is 4.79 Å². The van der Waals surface area contributed by atoms with Gasteiger partial charge in [-0.2, -0.15) is 0 Å². The third-order valence-electron chi connectivity index (χ3n) is 2.60. The topological polar surface area (TPSA) is 64.6 Å². The zero-order valence-corrected chi connectivity index (χ0v) is 14.9. The Labute approximate surface area is 142 Å². The van der Waals surface area contributed by atoms with E-state index in [-0.39, 0.29) is 9.99 Å². The lowest BCUT2D eigenvalue weighted by Gasteiger charge is -2.21. The molecule has 1 atom stereocenters. The van der Waals surface area contributed by atoms with Crippen LogP contribution in [0.2, 0.25) is 0 Å². The van der Waals surface area contributed by atoms with Gasteiger partial charge >= 0.3 is 5.97 Å². The van der Waals surface area contributed by atoms with E-state index in [1.807, 2.05) is 33.8 Å². The minimum Gasteiger partial charge on any atom is -0.462 e. The van der Waals surface area contributed by atoms with E-state index in [2.05, 4.69) is 5.32 Å². The van der Waals surface area contributed by atoms with E-state index >= 15 is 0 Å². The lowest BCUT2D eigenvalue weighted by Crippen LogP contribution is -2.45. The first kappa shape index (κ1) is 19.4. The Morgan fingerprint density at radius 2 is 1.87 bits per heavy atom. The monoisotopic (exact) mass is 339 g/mol. The minimum absolute atomic E-state index is 0.256. The molecule has 0 radical (unpaired) electrons. The van der Waals surface area contributed by atoms with Crippen LogP contribution in [0.5, 0.6) is 5.75 Å². The highest BCUT2D eigenvalue weighted by Gasteiger charge is 2.26. The van der Waals surface area contributed by atoms with E-state index in [1.54, 1.807) is 24.3 Å². The summed E-state index contributed by atoms with van der Waals surface area (Å²) < 4.78 is 10.5. The number of nitrogens with one attached hydrogen (secondary N) is 1. The normalized spacial score (nSPS) is 12.3. The molecule has 128 valence electrons. The number of unbranched alkanes of at least 4 members (excludes halogenated alkanes) is 1. The number of carbonyl (C=O) groups excluding carboxylic acids is 2. The first-order chi connectivity index (χ1) is 10.8. The van der Waals surface area contributed by atoms with Gasteiger partial charge in [0.1, 0.15) is 5.75 Å². The smallest absolute Gasteiger partial charge is 0.369 e. The molecule has 0 aliphatic heterocycles. The van der Waals surface area contributed by atoms with E-state index in [0.717, 1.165) is 24.6 Å². The molecule has 6 heteroatoms. The summed E-state index contributed by atoms with van der Waals surface area (Å²) in [5.74, 6) is -0.101. The summed E-state index contributed by atoms with van der Waals surface area (Å²) in [4.78, 5) is 24.2. The van der Waals surface area contributed by atoms with Gasteiger partial charge < -0.3 is 14.8 Å². The summed E-state index contributed by atoms with van der Waals surface area (Å²) in [6.07, 6.45) is 0.537. The summed E-state index contributed by atoms with van der Waals surface area (Å²) in [5, 5.41) is 2.25. The van der Waals surface area contributed by atoms with Gasteiger partial charge in [-0.3, -0.25) is 4.79 Å². The van der Waals surface area contributed by atoms with Crippen LogP contribution in [0.25, 0.3) is 0 Å². The Morgan fingerprint density at radius 1 is 1.22 bits per heavy atom. The summed E-state index contributed by atoms with van der Waals surface area (Å²) in [6, 6.07) is 8.86. The van der Waals surface area contributed by atoms with Crippen molar-refractivity contribution in [3.8, 4) is 5.75 Å². The number of hydrogen-bond donors (Lipinski definition) is 1. The lowest BCUT2D eigenvalue weighted by atomic mass is 10.3. The van der Waals surface area contributed by atoms with Gasteiger partial charge in [0.05, 0.1) is 6.61 Å². The molecular formula is C17H25NO4S. The van der Waals surface area contributed by atoms with Crippen molar-refractivity contribution in [2.24, 2.45) is 0 Å². The second kappa shape index (κ2) is 9.45. The van der Waals surface area contributed by atoms with Gasteiger partial charge in [-0.15, -0.1) is 0 Å². The fraction of sp³-hybridized carbons (Fsp3) is 0.529. The quantitative estimate of drug-likeness (QED) is 0.462. The number of carbonyl (C=O) groups is 2. The molecule has 1 aromatic carbocycles. The SMILES string of the molecule is CCCCOC(=O)C(NC(=O)SC(C)(C)C)Oc1ccccc1. The molecule has 0 aromatic heterocycles. The standard InChI is InChI=1S/C17H25NO4S/c1-5-6-12-21-15(19)14(18-16(20)23-17(2,3)4)22-13-10-8-7-9-11-13/h7-11,14H,5-6,12H2,1-4H3,(H,18,20). The van der Waals surface area contributed by atoms with Gasteiger partial charge in [0.2, 0.25) is 0 Å². The molecule has 0 saturated heterocycles. The summed E-state index contributed by atoms with van der Waals surface area (Å²) in [5.41, 5.74) is 0. The highest BCUT2D eigenvalue weighted by molar-refractivity contribution is 8.14. The van der Waals surface area contributed by atoms with Crippen LogP contribution in [0.3, 0.4) is 0 Å². The van der Waals surface area contributed by atoms with Gasteiger partial charge in [0, 0.05) is 4.75 Å². The Hall–Kier alpha value is -1.69. The molecule has 1 amide bonds. The summed E-state index contributed by atoms with van der Waals surface area (Å²) >= 11 is 1.10. The second-order valence-electron chi connectivity index (χ2n) is 5.98. The highest BCUT2D eigenvalue weighted by atomic mass is 32.2. The number of esters is 1. The largest absolute Gasteiger partial charge is 0.462 e. The maximum atomic E-state index is 12.2. The first-order valence-corrected chi connectivity index (χ1v) is 8.51. The van der Waals surface area contributed by atoms with Crippen molar-refractivity contribution in [2.75, 3.05) is 6.61 Å². The average molecular weight is 339 g/mol. The van der Waals surface area contributed by atoms with Gasteiger partial charge in [-0.1, -0.05) is 64.1 Å². The number of thioether (sulfide) groups is 1. The number of para-hydroxylation sites is 1. The number of benzene rings is 1. The second-order valence-corrected chi connectivity index (χ2v) is 7.78. The number of ether oxygens (including phenoxy) is 2. The van der Waals surface area contributed by atoms with Crippen molar-refractivity contribution in [1.29, 1.82) is 0 Å². The minimum atomic E-state index is -1.16. The zero-order chi connectivity index (χ0) is 17.3. The summed E-state index contributed by atoms with van der Waals surface area (Å²) in [7, 11) is 0. The van der Waals surface area contributed by atoms with Crippen LogP contribution in [-0.4, -0.2) is 28.8 Å². The molecule has 0 spiro atoms. The third kappa shape index (κ3) is 8.50.